The Kier molecular flexibility index (Phi) is 2.55. The first-order chi connectivity index (χ1) is 7.29. The second-order valence-electron chi connectivity index (χ2n) is 2.84. The molecule has 7 nitrogen and oxygen atoms in total. The SMILES string of the molecule is CNCc1nnc(-c2ccc(=O)[nH]n2)o1. The molecule has 2 heterocycles. The van der Waals surface area contributed by atoms with Crippen molar-refractivity contribution >= 4 is 0 Å². The van der Waals surface area contributed by atoms with E-state index >= 15 is 0 Å². The molecule has 0 unspecified atom stereocenters. The predicted octanol–water partition coefficient (Wildman–Crippen LogP) is -0.461. The minimum Gasteiger partial charge on any atom is -0.418 e. The number of rotatable bonds is 3. The van der Waals surface area contributed by atoms with Crippen LogP contribution in [0.25, 0.3) is 11.6 Å². The van der Waals surface area contributed by atoms with Crippen molar-refractivity contribution in [3.63, 3.8) is 0 Å². The standard InChI is InChI=1S/C8H9N5O2/c1-9-4-7-12-13-8(15-7)5-2-3-6(14)11-10-5/h2-3,9H,4H2,1H3,(H,11,14). The fraction of sp³-hybridized carbons (Fsp3) is 0.250. The molecule has 2 aromatic heterocycles. The third-order valence-corrected chi connectivity index (χ3v) is 1.69. The summed E-state index contributed by atoms with van der Waals surface area (Å²) in [5.74, 6) is 0.761. The molecular weight excluding hydrogens is 198 g/mol. The van der Waals surface area contributed by atoms with Crippen LogP contribution in [-0.4, -0.2) is 27.4 Å². The Hall–Kier alpha value is -2.02. The molecule has 0 aliphatic carbocycles. The van der Waals surface area contributed by atoms with E-state index in [0.717, 1.165) is 0 Å². The maximum absolute atomic E-state index is 10.8. The molecule has 15 heavy (non-hydrogen) atoms. The van der Waals surface area contributed by atoms with E-state index in [9.17, 15) is 4.79 Å². The van der Waals surface area contributed by atoms with Crippen LogP contribution in [-0.2, 0) is 6.54 Å². The zero-order chi connectivity index (χ0) is 10.7. The largest absolute Gasteiger partial charge is 0.418 e. The van der Waals surface area contributed by atoms with Gasteiger partial charge in [-0.1, -0.05) is 0 Å². The van der Waals surface area contributed by atoms with Gasteiger partial charge in [0.05, 0.1) is 6.54 Å². The van der Waals surface area contributed by atoms with Crippen molar-refractivity contribution in [1.29, 1.82) is 0 Å². The van der Waals surface area contributed by atoms with E-state index in [4.69, 9.17) is 4.42 Å². The molecule has 0 saturated heterocycles. The van der Waals surface area contributed by atoms with Gasteiger partial charge in [0.15, 0.2) is 0 Å². The lowest BCUT2D eigenvalue weighted by molar-refractivity contribution is 0.488. The highest BCUT2D eigenvalue weighted by Gasteiger charge is 2.08. The summed E-state index contributed by atoms with van der Waals surface area (Å²) < 4.78 is 5.28. The van der Waals surface area contributed by atoms with E-state index in [0.29, 0.717) is 18.1 Å². The van der Waals surface area contributed by atoms with Crippen LogP contribution in [0, 0.1) is 0 Å². The molecule has 0 fully saturated rings. The minimum absolute atomic E-state index is 0.270. The monoisotopic (exact) mass is 207 g/mol. The summed E-state index contributed by atoms with van der Waals surface area (Å²) in [6, 6.07) is 2.87. The minimum atomic E-state index is -0.270. The number of hydrogen-bond donors (Lipinski definition) is 2. The first kappa shape index (κ1) is 9.53. The molecule has 2 rings (SSSR count). The summed E-state index contributed by atoms with van der Waals surface area (Å²) in [6.45, 7) is 0.496. The third kappa shape index (κ3) is 2.08. The Morgan fingerprint density at radius 1 is 1.47 bits per heavy atom. The second kappa shape index (κ2) is 4.01. The lowest BCUT2D eigenvalue weighted by Gasteiger charge is -1.91. The zero-order valence-electron chi connectivity index (χ0n) is 8.02. The summed E-state index contributed by atoms with van der Waals surface area (Å²) >= 11 is 0. The van der Waals surface area contributed by atoms with Crippen LogP contribution in [0.4, 0.5) is 0 Å². The molecule has 0 bridgehead atoms. The van der Waals surface area contributed by atoms with Gasteiger partial charge in [0.2, 0.25) is 5.89 Å². The molecule has 0 amide bonds. The fourth-order valence-electron chi connectivity index (χ4n) is 1.04. The number of H-pyrrole nitrogens is 1. The van der Waals surface area contributed by atoms with Crippen molar-refractivity contribution in [2.75, 3.05) is 7.05 Å². The van der Waals surface area contributed by atoms with Crippen molar-refractivity contribution in [1.82, 2.24) is 25.7 Å². The van der Waals surface area contributed by atoms with Crippen LogP contribution >= 0.6 is 0 Å². The lowest BCUT2D eigenvalue weighted by Crippen LogP contribution is -2.05. The summed E-state index contributed by atoms with van der Waals surface area (Å²) in [4.78, 5) is 10.8. The molecule has 0 spiro atoms. The number of aromatic amines is 1. The topological polar surface area (TPSA) is 96.7 Å². The highest BCUT2D eigenvalue weighted by Crippen LogP contribution is 2.12. The Morgan fingerprint density at radius 3 is 3.00 bits per heavy atom. The van der Waals surface area contributed by atoms with Crippen molar-refractivity contribution in [3.05, 3.63) is 28.4 Å². The van der Waals surface area contributed by atoms with Crippen LogP contribution in [0.3, 0.4) is 0 Å². The highest BCUT2D eigenvalue weighted by molar-refractivity contribution is 5.43. The van der Waals surface area contributed by atoms with Gasteiger partial charge in [0.1, 0.15) is 5.69 Å². The van der Waals surface area contributed by atoms with E-state index in [-0.39, 0.29) is 11.4 Å². The molecule has 0 saturated carbocycles. The van der Waals surface area contributed by atoms with Gasteiger partial charge >= 0.3 is 0 Å². The average molecular weight is 207 g/mol. The van der Waals surface area contributed by atoms with Gasteiger partial charge in [-0.15, -0.1) is 10.2 Å². The molecule has 0 aliphatic rings. The van der Waals surface area contributed by atoms with Gasteiger partial charge in [-0.3, -0.25) is 4.79 Å². The Balaban J connectivity index is 2.29. The van der Waals surface area contributed by atoms with E-state index < -0.39 is 0 Å². The third-order valence-electron chi connectivity index (χ3n) is 1.69. The van der Waals surface area contributed by atoms with Crippen LogP contribution in [0.5, 0.6) is 0 Å². The number of aromatic nitrogens is 4. The maximum atomic E-state index is 10.8. The second-order valence-corrected chi connectivity index (χ2v) is 2.84. The molecule has 78 valence electrons. The van der Waals surface area contributed by atoms with Gasteiger partial charge in [0.25, 0.3) is 11.4 Å². The first-order valence-electron chi connectivity index (χ1n) is 4.32. The van der Waals surface area contributed by atoms with E-state index in [2.05, 4.69) is 25.7 Å². The van der Waals surface area contributed by atoms with Gasteiger partial charge in [-0.25, -0.2) is 5.10 Å². The molecule has 7 heteroatoms. The van der Waals surface area contributed by atoms with Crippen molar-refractivity contribution in [2.24, 2.45) is 0 Å². The molecular formula is C8H9N5O2. The van der Waals surface area contributed by atoms with Crippen LogP contribution < -0.4 is 10.9 Å². The summed E-state index contributed by atoms with van der Waals surface area (Å²) in [7, 11) is 1.78. The van der Waals surface area contributed by atoms with Gasteiger partial charge in [0, 0.05) is 6.07 Å². The molecule has 0 radical (unpaired) electrons. The highest BCUT2D eigenvalue weighted by atomic mass is 16.4. The first-order valence-corrected chi connectivity index (χ1v) is 4.32. The van der Waals surface area contributed by atoms with E-state index in [1.165, 1.54) is 12.1 Å². The number of nitrogens with one attached hydrogen (secondary N) is 2. The van der Waals surface area contributed by atoms with Gasteiger partial charge in [-0.05, 0) is 13.1 Å². The summed E-state index contributed by atoms with van der Waals surface area (Å²) in [5.41, 5.74) is 0.179. The smallest absolute Gasteiger partial charge is 0.268 e. The molecule has 2 aromatic rings. The zero-order valence-corrected chi connectivity index (χ0v) is 8.02. The Labute approximate surface area is 84.5 Å². The van der Waals surface area contributed by atoms with Gasteiger partial charge in [-0.2, -0.15) is 5.10 Å². The maximum Gasteiger partial charge on any atom is 0.268 e. The quantitative estimate of drug-likeness (QED) is 0.706. The Morgan fingerprint density at radius 2 is 2.33 bits per heavy atom. The fourth-order valence-corrected chi connectivity index (χ4v) is 1.04. The molecule has 0 aliphatic heterocycles. The van der Waals surface area contributed by atoms with E-state index in [1.54, 1.807) is 7.05 Å². The normalized spacial score (nSPS) is 10.5. The Bertz CT molecular complexity index is 483. The van der Waals surface area contributed by atoms with Crippen molar-refractivity contribution in [2.45, 2.75) is 6.54 Å². The van der Waals surface area contributed by atoms with Crippen LogP contribution in [0.15, 0.2) is 21.3 Å². The number of hydrogen-bond acceptors (Lipinski definition) is 6. The summed E-state index contributed by atoms with van der Waals surface area (Å²) in [6.07, 6.45) is 0. The van der Waals surface area contributed by atoms with Crippen LogP contribution in [0.1, 0.15) is 5.89 Å². The van der Waals surface area contributed by atoms with Crippen molar-refractivity contribution < 1.29 is 4.42 Å². The van der Waals surface area contributed by atoms with Gasteiger partial charge < -0.3 is 9.73 Å². The lowest BCUT2D eigenvalue weighted by atomic mass is 10.4. The predicted molar refractivity (Wildman–Crippen MR) is 50.9 cm³/mol. The van der Waals surface area contributed by atoms with Crippen molar-refractivity contribution in [3.8, 4) is 11.6 Å². The number of nitrogens with zero attached hydrogens (tertiary/aromatic N) is 3. The average Bonchev–Trinajstić information content (AvgIpc) is 2.68. The molecule has 0 aromatic carbocycles. The molecule has 0 atom stereocenters. The summed E-state index contributed by atoms with van der Waals surface area (Å²) in [5, 5.41) is 16.5. The molecule has 2 N–H and O–H groups in total. The van der Waals surface area contributed by atoms with Crippen LogP contribution in [0.2, 0.25) is 0 Å². The van der Waals surface area contributed by atoms with E-state index in [1.807, 2.05) is 0 Å².